The number of hydrogen-bond donors (Lipinski definition) is 0. The van der Waals surface area contributed by atoms with Crippen molar-refractivity contribution in [1.29, 1.82) is 0 Å². The maximum Gasteiger partial charge on any atom is 0.0908 e. The van der Waals surface area contributed by atoms with E-state index in [1.807, 2.05) is 6.08 Å². The molecule has 0 bridgehead atoms. The van der Waals surface area contributed by atoms with Crippen molar-refractivity contribution < 1.29 is 0 Å². The molecule has 2 aromatic rings. The molecule has 3 nitrogen and oxygen atoms in total. The molecule has 1 heterocycles. The van der Waals surface area contributed by atoms with Crippen molar-refractivity contribution >= 4 is 17.5 Å². The zero-order valence-electron chi connectivity index (χ0n) is 17.2. The first-order valence-corrected chi connectivity index (χ1v) is 10.1. The molecule has 0 radical (unpaired) electrons. The first kappa shape index (κ1) is 19.5. The van der Waals surface area contributed by atoms with E-state index in [2.05, 4.69) is 97.5 Å². The summed E-state index contributed by atoms with van der Waals surface area (Å²) in [7, 11) is 0. The van der Waals surface area contributed by atoms with E-state index in [1.165, 1.54) is 22.5 Å². The second kappa shape index (κ2) is 8.62. The third-order valence-electron chi connectivity index (χ3n) is 5.45. The van der Waals surface area contributed by atoms with E-state index in [0.717, 1.165) is 26.3 Å². The molecule has 0 saturated carbocycles. The minimum absolute atomic E-state index is 0.572. The number of para-hydroxylation sites is 2. The minimum atomic E-state index is 0.572. The molecule has 0 saturated heterocycles. The summed E-state index contributed by atoms with van der Waals surface area (Å²) in [4.78, 5) is 7.57. The number of fused-ring (bicyclic) bond motifs is 1. The zero-order valence-corrected chi connectivity index (χ0v) is 17.2. The number of rotatable bonds is 8. The molecule has 144 valence electrons. The maximum absolute atomic E-state index is 3.84. The van der Waals surface area contributed by atoms with Crippen LogP contribution in [0.1, 0.15) is 38.8 Å². The predicted octanol–water partition coefficient (Wildman–Crippen LogP) is 5.23. The predicted molar refractivity (Wildman–Crippen MR) is 118 cm³/mol. The van der Waals surface area contributed by atoms with Gasteiger partial charge in [-0.15, -0.1) is 0 Å². The lowest BCUT2D eigenvalue weighted by Gasteiger charge is -2.32. The molecule has 0 N–H and O–H groups in total. The average molecular weight is 364 g/mol. The Morgan fingerprint density at radius 1 is 0.926 bits per heavy atom. The summed E-state index contributed by atoms with van der Waals surface area (Å²) in [5, 5.41) is 0. The Hall–Kier alpha value is -2.26. The van der Waals surface area contributed by atoms with Crippen molar-refractivity contribution in [2.24, 2.45) is 0 Å². The van der Waals surface area contributed by atoms with Crippen LogP contribution in [0.5, 0.6) is 0 Å². The highest BCUT2D eigenvalue weighted by Crippen LogP contribution is 2.36. The molecule has 0 spiro atoms. The second-order valence-electron chi connectivity index (χ2n) is 7.96. The van der Waals surface area contributed by atoms with Gasteiger partial charge in [0.2, 0.25) is 0 Å². The lowest BCUT2D eigenvalue weighted by atomic mass is 10.1. The standard InChI is InChI=1S/C24H33N3/c1-6-21-11-13-22(14-12-21)17-26-18-25(23-9-7-8-10-24(23)26)15-16-27(19(2)3)20(4)5/h6-14,19-20H,1,15-18H2,2-5H3. The fourth-order valence-electron chi connectivity index (χ4n) is 4.01. The molecule has 0 unspecified atom stereocenters. The van der Waals surface area contributed by atoms with Gasteiger partial charge in [-0.05, 0) is 51.0 Å². The molecule has 1 aliphatic rings. The van der Waals surface area contributed by atoms with Crippen LogP contribution in [0.25, 0.3) is 6.08 Å². The molecule has 0 atom stereocenters. The molecule has 2 aromatic carbocycles. The molecule has 27 heavy (non-hydrogen) atoms. The van der Waals surface area contributed by atoms with Gasteiger partial charge in [0.1, 0.15) is 0 Å². The van der Waals surface area contributed by atoms with Gasteiger partial charge in [-0.2, -0.15) is 0 Å². The first-order valence-electron chi connectivity index (χ1n) is 10.1. The van der Waals surface area contributed by atoms with Crippen LogP contribution in [0, 0.1) is 0 Å². The number of anilines is 2. The molecule has 0 amide bonds. The summed E-state index contributed by atoms with van der Waals surface area (Å²) in [5.74, 6) is 0. The van der Waals surface area contributed by atoms with Gasteiger partial charge in [0.25, 0.3) is 0 Å². The van der Waals surface area contributed by atoms with E-state index in [4.69, 9.17) is 0 Å². The van der Waals surface area contributed by atoms with Gasteiger partial charge in [0, 0.05) is 31.7 Å². The minimum Gasteiger partial charge on any atom is -0.351 e. The molecular weight excluding hydrogens is 330 g/mol. The van der Waals surface area contributed by atoms with Crippen molar-refractivity contribution in [2.45, 2.75) is 46.3 Å². The van der Waals surface area contributed by atoms with Crippen molar-refractivity contribution in [3.05, 3.63) is 66.2 Å². The van der Waals surface area contributed by atoms with Crippen LogP contribution in [-0.4, -0.2) is 36.7 Å². The zero-order chi connectivity index (χ0) is 19.4. The van der Waals surface area contributed by atoms with E-state index in [-0.39, 0.29) is 0 Å². The summed E-state index contributed by atoms with van der Waals surface area (Å²) in [6.07, 6.45) is 1.89. The van der Waals surface area contributed by atoms with Crippen LogP contribution in [0.15, 0.2) is 55.1 Å². The van der Waals surface area contributed by atoms with Gasteiger partial charge < -0.3 is 9.80 Å². The van der Waals surface area contributed by atoms with Gasteiger partial charge in [-0.1, -0.05) is 49.1 Å². The van der Waals surface area contributed by atoms with Gasteiger partial charge in [0.05, 0.1) is 18.0 Å². The SMILES string of the molecule is C=Cc1ccc(CN2CN(CCN(C(C)C)C(C)C)c3ccccc32)cc1. The Labute approximate surface area is 164 Å². The lowest BCUT2D eigenvalue weighted by molar-refractivity contribution is 0.179. The number of hydrogen-bond acceptors (Lipinski definition) is 3. The van der Waals surface area contributed by atoms with Crippen LogP contribution in [-0.2, 0) is 6.54 Å². The average Bonchev–Trinajstić information content (AvgIpc) is 3.00. The fraction of sp³-hybridized carbons (Fsp3) is 0.417. The molecule has 0 aromatic heterocycles. The van der Waals surface area contributed by atoms with Gasteiger partial charge >= 0.3 is 0 Å². The smallest absolute Gasteiger partial charge is 0.0908 e. The van der Waals surface area contributed by atoms with Crippen LogP contribution in [0.2, 0.25) is 0 Å². The van der Waals surface area contributed by atoms with Gasteiger partial charge in [-0.25, -0.2) is 0 Å². The maximum atomic E-state index is 3.84. The summed E-state index contributed by atoms with van der Waals surface area (Å²) in [6, 6.07) is 18.6. The summed E-state index contributed by atoms with van der Waals surface area (Å²) in [5.41, 5.74) is 5.20. The molecule has 0 aliphatic carbocycles. The third kappa shape index (κ3) is 4.54. The highest BCUT2D eigenvalue weighted by atomic mass is 15.4. The Morgan fingerprint density at radius 3 is 2.07 bits per heavy atom. The summed E-state index contributed by atoms with van der Waals surface area (Å²) < 4.78 is 0. The number of nitrogens with zero attached hydrogens (tertiary/aromatic N) is 3. The largest absolute Gasteiger partial charge is 0.351 e. The molecular formula is C24H33N3. The third-order valence-corrected chi connectivity index (χ3v) is 5.45. The van der Waals surface area contributed by atoms with Crippen molar-refractivity contribution in [3.8, 4) is 0 Å². The van der Waals surface area contributed by atoms with Gasteiger partial charge in [-0.3, -0.25) is 4.90 Å². The second-order valence-corrected chi connectivity index (χ2v) is 7.96. The fourth-order valence-corrected chi connectivity index (χ4v) is 4.01. The molecule has 3 rings (SSSR count). The van der Waals surface area contributed by atoms with E-state index in [1.54, 1.807) is 0 Å². The molecule has 1 aliphatic heterocycles. The quantitative estimate of drug-likeness (QED) is 0.635. The van der Waals surface area contributed by atoms with Crippen LogP contribution < -0.4 is 9.80 Å². The summed E-state index contributed by atoms with van der Waals surface area (Å²) >= 11 is 0. The van der Waals surface area contributed by atoms with Crippen molar-refractivity contribution in [3.63, 3.8) is 0 Å². The van der Waals surface area contributed by atoms with E-state index < -0.39 is 0 Å². The highest BCUT2D eigenvalue weighted by Gasteiger charge is 2.26. The topological polar surface area (TPSA) is 9.72 Å². The van der Waals surface area contributed by atoms with E-state index in [0.29, 0.717) is 12.1 Å². The van der Waals surface area contributed by atoms with Crippen LogP contribution >= 0.6 is 0 Å². The Kier molecular flexibility index (Phi) is 6.22. The van der Waals surface area contributed by atoms with Gasteiger partial charge in [0.15, 0.2) is 0 Å². The Balaban J connectivity index is 1.72. The van der Waals surface area contributed by atoms with Crippen LogP contribution in [0.3, 0.4) is 0 Å². The molecule has 3 heteroatoms. The van der Waals surface area contributed by atoms with E-state index in [9.17, 15) is 0 Å². The monoisotopic (exact) mass is 363 g/mol. The van der Waals surface area contributed by atoms with Crippen molar-refractivity contribution in [2.75, 3.05) is 29.6 Å². The Bertz CT molecular complexity index is 740. The lowest BCUT2D eigenvalue weighted by Crippen LogP contribution is -2.43. The first-order chi connectivity index (χ1) is 13.0. The molecule has 0 fully saturated rings. The summed E-state index contributed by atoms with van der Waals surface area (Å²) in [6.45, 7) is 17.0. The van der Waals surface area contributed by atoms with E-state index >= 15 is 0 Å². The Morgan fingerprint density at radius 2 is 1.52 bits per heavy atom. The highest BCUT2D eigenvalue weighted by molar-refractivity contribution is 5.76. The normalized spacial score (nSPS) is 13.7. The number of benzene rings is 2. The van der Waals surface area contributed by atoms with Crippen LogP contribution in [0.4, 0.5) is 11.4 Å². The van der Waals surface area contributed by atoms with Crippen molar-refractivity contribution in [1.82, 2.24) is 4.90 Å².